The Morgan fingerprint density at radius 3 is 2.15 bits per heavy atom. The average Bonchev–Trinajstić information content (AvgIpc) is 2.88. The second-order valence-electron chi connectivity index (χ2n) is 8.17. The SMILES string of the molecule is CCc1ccc(OCC(=O)Nc2ccc(N3CCN(C(=O)c4ccc(Cl)cc4)CC3)cc2)cc1. The number of nitrogens with one attached hydrogen (secondary N) is 1. The van der Waals surface area contributed by atoms with Crippen LogP contribution < -0.4 is 15.0 Å². The fourth-order valence-corrected chi connectivity index (χ4v) is 3.99. The van der Waals surface area contributed by atoms with Crippen LogP contribution in [0.15, 0.2) is 72.8 Å². The van der Waals surface area contributed by atoms with Gasteiger partial charge in [0.2, 0.25) is 0 Å². The summed E-state index contributed by atoms with van der Waals surface area (Å²) in [5, 5.41) is 3.48. The summed E-state index contributed by atoms with van der Waals surface area (Å²) in [6, 6.07) is 22.5. The van der Waals surface area contributed by atoms with Crippen molar-refractivity contribution in [1.29, 1.82) is 0 Å². The first kappa shape index (κ1) is 23.6. The molecule has 3 aromatic rings. The zero-order chi connectivity index (χ0) is 23.9. The van der Waals surface area contributed by atoms with Crippen molar-refractivity contribution in [2.45, 2.75) is 13.3 Å². The molecule has 0 saturated carbocycles. The fraction of sp³-hybridized carbons (Fsp3) is 0.259. The van der Waals surface area contributed by atoms with Crippen molar-refractivity contribution in [3.63, 3.8) is 0 Å². The number of nitrogens with zero attached hydrogens (tertiary/aromatic N) is 2. The monoisotopic (exact) mass is 477 g/mol. The van der Waals surface area contributed by atoms with Gasteiger partial charge in [-0.15, -0.1) is 0 Å². The number of carbonyl (C=O) groups is 2. The van der Waals surface area contributed by atoms with Crippen LogP contribution in [-0.4, -0.2) is 49.5 Å². The molecular weight excluding hydrogens is 450 g/mol. The number of hydrogen-bond acceptors (Lipinski definition) is 4. The minimum Gasteiger partial charge on any atom is -0.484 e. The van der Waals surface area contributed by atoms with Gasteiger partial charge in [0, 0.05) is 48.1 Å². The highest BCUT2D eigenvalue weighted by Gasteiger charge is 2.22. The number of halogens is 1. The van der Waals surface area contributed by atoms with Gasteiger partial charge in [-0.3, -0.25) is 9.59 Å². The first-order valence-electron chi connectivity index (χ1n) is 11.4. The van der Waals surface area contributed by atoms with Crippen LogP contribution in [0.3, 0.4) is 0 Å². The Morgan fingerprint density at radius 2 is 1.53 bits per heavy atom. The lowest BCUT2D eigenvalue weighted by molar-refractivity contribution is -0.118. The van der Waals surface area contributed by atoms with Gasteiger partial charge in [-0.2, -0.15) is 0 Å². The predicted molar refractivity (Wildman–Crippen MR) is 136 cm³/mol. The first-order chi connectivity index (χ1) is 16.5. The van der Waals surface area contributed by atoms with Crippen molar-refractivity contribution in [1.82, 2.24) is 4.90 Å². The summed E-state index contributed by atoms with van der Waals surface area (Å²) >= 11 is 5.92. The van der Waals surface area contributed by atoms with E-state index in [1.165, 1.54) is 5.56 Å². The van der Waals surface area contributed by atoms with Gasteiger partial charge in [0.1, 0.15) is 5.75 Å². The summed E-state index contributed by atoms with van der Waals surface area (Å²) in [5.74, 6) is 0.496. The van der Waals surface area contributed by atoms with E-state index in [1.54, 1.807) is 24.3 Å². The molecule has 0 aromatic heterocycles. The number of ether oxygens (including phenoxy) is 1. The molecule has 1 aliphatic heterocycles. The van der Waals surface area contributed by atoms with Gasteiger partial charge in [-0.1, -0.05) is 30.7 Å². The third kappa shape index (κ3) is 6.08. The number of benzene rings is 3. The van der Waals surface area contributed by atoms with Crippen LogP contribution in [0, 0.1) is 0 Å². The Bertz CT molecular complexity index is 1110. The van der Waals surface area contributed by atoms with E-state index >= 15 is 0 Å². The van der Waals surface area contributed by atoms with Crippen LogP contribution in [0.4, 0.5) is 11.4 Å². The third-order valence-corrected chi connectivity index (χ3v) is 6.13. The van der Waals surface area contributed by atoms with Crippen LogP contribution in [0.1, 0.15) is 22.8 Å². The average molecular weight is 478 g/mol. The summed E-state index contributed by atoms with van der Waals surface area (Å²) in [4.78, 5) is 29.0. The molecule has 1 N–H and O–H groups in total. The van der Waals surface area contributed by atoms with Crippen LogP contribution in [0.25, 0.3) is 0 Å². The molecule has 1 heterocycles. The summed E-state index contributed by atoms with van der Waals surface area (Å²) in [6.45, 7) is 4.84. The van der Waals surface area contributed by atoms with Crippen molar-refractivity contribution in [3.8, 4) is 5.75 Å². The van der Waals surface area contributed by atoms with E-state index in [0.717, 1.165) is 30.9 Å². The largest absolute Gasteiger partial charge is 0.484 e. The maximum absolute atomic E-state index is 12.7. The van der Waals surface area contributed by atoms with E-state index in [-0.39, 0.29) is 18.4 Å². The van der Waals surface area contributed by atoms with Crippen LogP contribution in [-0.2, 0) is 11.2 Å². The number of amides is 2. The molecule has 0 radical (unpaired) electrons. The molecule has 0 unspecified atom stereocenters. The lowest BCUT2D eigenvalue weighted by atomic mass is 10.1. The number of carbonyl (C=O) groups excluding carboxylic acids is 2. The molecule has 0 spiro atoms. The molecule has 4 rings (SSSR count). The van der Waals surface area contributed by atoms with Crippen molar-refractivity contribution in [3.05, 3.63) is 88.9 Å². The standard InChI is InChI=1S/C27H28ClN3O3/c1-2-20-3-13-25(14-4-20)34-19-26(32)29-23-9-11-24(12-10-23)30-15-17-31(18-16-30)27(33)21-5-7-22(28)8-6-21/h3-14H,2,15-19H2,1H3,(H,29,32). The molecule has 1 aliphatic rings. The Hall–Kier alpha value is -3.51. The first-order valence-corrected chi connectivity index (χ1v) is 11.8. The summed E-state index contributed by atoms with van der Waals surface area (Å²) in [7, 11) is 0. The van der Waals surface area contributed by atoms with Crippen LogP contribution >= 0.6 is 11.6 Å². The van der Waals surface area contributed by atoms with Crippen molar-refractivity contribution < 1.29 is 14.3 Å². The molecule has 0 atom stereocenters. The highest BCUT2D eigenvalue weighted by molar-refractivity contribution is 6.30. The Balaban J connectivity index is 1.24. The lowest BCUT2D eigenvalue weighted by Gasteiger charge is -2.36. The van der Waals surface area contributed by atoms with Crippen LogP contribution in [0.2, 0.25) is 5.02 Å². The van der Waals surface area contributed by atoms with Crippen molar-refractivity contribution >= 4 is 34.8 Å². The maximum atomic E-state index is 12.7. The smallest absolute Gasteiger partial charge is 0.262 e. The minimum absolute atomic E-state index is 0.0258. The number of rotatable bonds is 7. The van der Waals surface area contributed by atoms with E-state index in [9.17, 15) is 9.59 Å². The van der Waals surface area contributed by atoms with E-state index in [0.29, 0.717) is 29.4 Å². The molecule has 6 nitrogen and oxygen atoms in total. The summed E-state index contributed by atoms with van der Waals surface area (Å²) < 4.78 is 5.57. The van der Waals surface area contributed by atoms with Crippen LogP contribution in [0.5, 0.6) is 5.75 Å². The Labute approximate surface area is 205 Å². The zero-order valence-electron chi connectivity index (χ0n) is 19.2. The predicted octanol–water partition coefficient (Wildman–Crippen LogP) is 4.88. The third-order valence-electron chi connectivity index (χ3n) is 5.88. The Morgan fingerprint density at radius 1 is 0.882 bits per heavy atom. The molecule has 176 valence electrons. The second kappa shape index (κ2) is 11.1. The van der Waals surface area contributed by atoms with Gasteiger partial charge in [0.15, 0.2) is 6.61 Å². The van der Waals surface area contributed by atoms with E-state index in [2.05, 4.69) is 17.1 Å². The van der Waals surface area contributed by atoms with Crippen molar-refractivity contribution in [2.24, 2.45) is 0 Å². The molecule has 3 aromatic carbocycles. The number of piperazine rings is 1. The summed E-state index contributed by atoms with van der Waals surface area (Å²) in [6.07, 6.45) is 0.966. The van der Waals surface area contributed by atoms with Gasteiger partial charge < -0.3 is 19.9 Å². The number of anilines is 2. The normalized spacial score (nSPS) is 13.5. The number of aryl methyl sites for hydroxylation is 1. The lowest BCUT2D eigenvalue weighted by Crippen LogP contribution is -2.48. The summed E-state index contributed by atoms with van der Waals surface area (Å²) in [5.41, 5.74) is 3.66. The van der Waals surface area contributed by atoms with E-state index in [4.69, 9.17) is 16.3 Å². The molecule has 2 amide bonds. The highest BCUT2D eigenvalue weighted by atomic mass is 35.5. The van der Waals surface area contributed by atoms with Gasteiger partial charge in [-0.25, -0.2) is 0 Å². The molecule has 34 heavy (non-hydrogen) atoms. The molecule has 0 aliphatic carbocycles. The highest BCUT2D eigenvalue weighted by Crippen LogP contribution is 2.21. The van der Waals surface area contributed by atoms with E-state index < -0.39 is 0 Å². The van der Waals surface area contributed by atoms with E-state index in [1.807, 2.05) is 53.4 Å². The molecule has 7 heteroatoms. The molecule has 1 saturated heterocycles. The van der Waals surface area contributed by atoms with Gasteiger partial charge in [0.25, 0.3) is 11.8 Å². The quantitative estimate of drug-likeness (QED) is 0.526. The fourth-order valence-electron chi connectivity index (χ4n) is 3.87. The Kier molecular flexibility index (Phi) is 7.70. The molecule has 0 bridgehead atoms. The topological polar surface area (TPSA) is 61.9 Å². The van der Waals surface area contributed by atoms with Crippen molar-refractivity contribution in [2.75, 3.05) is 43.0 Å². The van der Waals surface area contributed by atoms with Gasteiger partial charge >= 0.3 is 0 Å². The second-order valence-corrected chi connectivity index (χ2v) is 8.60. The zero-order valence-corrected chi connectivity index (χ0v) is 19.9. The minimum atomic E-state index is -0.207. The van der Waals surface area contributed by atoms with Gasteiger partial charge in [-0.05, 0) is 72.6 Å². The van der Waals surface area contributed by atoms with Gasteiger partial charge in [0.05, 0.1) is 0 Å². The number of hydrogen-bond donors (Lipinski definition) is 1. The molecular formula is C27H28ClN3O3. The maximum Gasteiger partial charge on any atom is 0.262 e. The molecule has 1 fully saturated rings.